The molecule has 5 heteroatoms. The lowest BCUT2D eigenvalue weighted by Gasteiger charge is -2.48. The van der Waals surface area contributed by atoms with Crippen LogP contribution < -0.4 is 0 Å². The van der Waals surface area contributed by atoms with Gasteiger partial charge in [0.2, 0.25) is 0 Å². The highest BCUT2D eigenvalue weighted by Crippen LogP contribution is 2.34. The lowest BCUT2D eigenvalue weighted by molar-refractivity contribution is -0.0555. The predicted molar refractivity (Wildman–Crippen MR) is 86.8 cm³/mol. The third-order valence-electron chi connectivity index (χ3n) is 5.12. The highest BCUT2D eigenvalue weighted by atomic mass is 16.3. The highest BCUT2D eigenvalue weighted by molar-refractivity contribution is 5.94. The van der Waals surface area contributed by atoms with Gasteiger partial charge in [-0.25, -0.2) is 0 Å². The van der Waals surface area contributed by atoms with Gasteiger partial charge in [-0.2, -0.15) is 5.26 Å². The summed E-state index contributed by atoms with van der Waals surface area (Å²) in [7, 11) is 1.84. The zero-order chi connectivity index (χ0) is 16.4. The second-order valence-corrected chi connectivity index (χ2v) is 6.74. The van der Waals surface area contributed by atoms with Gasteiger partial charge in [0.25, 0.3) is 5.91 Å². The predicted octanol–water partition coefficient (Wildman–Crippen LogP) is 1.48. The first kappa shape index (κ1) is 16.0. The van der Waals surface area contributed by atoms with Crippen LogP contribution in [0.1, 0.15) is 35.2 Å². The third-order valence-corrected chi connectivity index (χ3v) is 5.12. The van der Waals surface area contributed by atoms with E-state index in [0.717, 1.165) is 13.1 Å². The van der Waals surface area contributed by atoms with Gasteiger partial charge in [0.1, 0.15) is 0 Å². The van der Waals surface area contributed by atoms with E-state index in [4.69, 9.17) is 5.26 Å². The smallest absolute Gasteiger partial charge is 0.253 e. The highest BCUT2D eigenvalue weighted by Gasteiger charge is 2.38. The number of nitriles is 1. The Balaban J connectivity index is 1.64. The fourth-order valence-corrected chi connectivity index (χ4v) is 3.42. The van der Waals surface area contributed by atoms with Crippen LogP contribution in [-0.2, 0) is 0 Å². The van der Waals surface area contributed by atoms with Gasteiger partial charge in [-0.3, -0.25) is 9.69 Å². The summed E-state index contributed by atoms with van der Waals surface area (Å²) in [6.45, 7) is 2.14. The fraction of sp³-hybridized carbons (Fsp3) is 0.556. The molecule has 1 atom stereocenters. The molecular weight excluding hydrogens is 290 g/mol. The molecule has 1 saturated heterocycles. The maximum absolute atomic E-state index is 12.6. The first-order chi connectivity index (χ1) is 11.1. The van der Waals surface area contributed by atoms with E-state index in [1.165, 1.54) is 19.3 Å². The lowest BCUT2D eigenvalue weighted by Crippen LogP contribution is -2.61. The number of rotatable bonds is 5. The molecular formula is C18H23N3O2. The number of likely N-dealkylation sites (N-methyl/N-ethyl adjacent to an activating group) is 1. The van der Waals surface area contributed by atoms with Gasteiger partial charge in [-0.15, -0.1) is 0 Å². The van der Waals surface area contributed by atoms with Crippen LogP contribution in [0.5, 0.6) is 0 Å². The van der Waals surface area contributed by atoms with Crippen molar-refractivity contribution in [3.63, 3.8) is 0 Å². The van der Waals surface area contributed by atoms with Gasteiger partial charge < -0.3 is 10.0 Å². The largest absolute Gasteiger partial charge is 0.390 e. The monoisotopic (exact) mass is 313 g/mol. The van der Waals surface area contributed by atoms with E-state index in [1.54, 1.807) is 29.2 Å². The summed E-state index contributed by atoms with van der Waals surface area (Å²) in [4.78, 5) is 16.7. The molecule has 0 aromatic heterocycles. The van der Waals surface area contributed by atoms with Crippen molar-refractivity contribution >= 4 is 5.91 Å². The van der Waals surface area contributed by atoms with E-state index in [-0.39, 0.29) is 12.0 Å². The van der Waals surface area contributed by atoms with Crippen molar-refractivity contribution in [3.05, 3.63) is 35.4 Å². The summed E-state index contributed by atoms with van der Waals surface area (Å²) < 4.78 is 0. The molecule has 1 aliphatic heterocycles. The van der Waals surface area contributed by atoms with Gasteiger partial charge >= 0.3 is 0 Å². The Kier molecular flexibility index (Phi) is 4.65. The molecule has 3 rings (SSSR count). The number of hydrogen-bond acceptors (Lipinski definition) is 4. The van der Waals surface area contributed by atoms with Gasteiger partial charge in [-0.1, -0.05) is 6.42 Å². The molecule has 2 aliphatic rings. The minimum Gasteiger partial charge on any atom is -0.390 e. The fourth-order valence-electron chi connectivity index (χ4n) is 3.42. The lowest BCUT2D eigenvalue weighted by atomic mass is 9.78. The normalized spacial score (nSPS) is 20.2. The van der Waals surface area contributed by atoms with Crippen molar-refractivity contribution in [2.45, 2.75) is 31.4 Å². The van der Waals surface area contributed by atoms with Gasteiger partial charge in [0, 0.05) is 38.3 Å². The van der Waals surface area contributed by atoms with Crippen LogP contribution in [-0.4, -0.2) is 59.6 Å². The zero-order valence-electron chi connectivity index (χ0n) is 13.5. The maximum Gasteiger partial charge on any atom is 0.253 e. The first-order valence-electron chi connectivity index (χ1n) is 8.26. The molecule has 1 amide bonds. The Hall–Kier alpha value is -1.90. The maximum atomic E-state index is 12.6. The Morgan fingerprint density at radius 2 is 2.04 bits per heavy atom. The molecule has 1 aromatic carbocycles. The average molecular weight is 313 g/mol. The molecule has 1 unspecified atom stereocenters. The van der Waals surface area contributed by atoms with Gasteiger partial charge in [0.15, 0.2) is 0 Å². The molecule has 2 fully saturated rings. The Labute approximate surface area is 137 Å². The Morgan fingerprint density at radius 1 is 1.39 bits per heavy atom. The minimum atomic E-state index is -0.211. The third kappa shape index (κ3) is 3.39. The van der Waals surface area contributed by atoms with Crippen LogP contribution in [0.2, 0.25) is 0 Å². The summed E-state index contributed by atoms with van der Waals surface area (Å²) in [6.07, 6.45) is 3.49. The molecule has 122 valence electrons. The number of benzene rings is 1. The molecule has 1 N–H and O–H groups in total. The molecule has 23 heavy (non-hydrogen) atoms. The number of likely N-dealkylation sites (tertiary alicyclic amines) is 1. The van der Waals surface area contributed by atoms with Crippen molar-refractivity contribution in [3.8, 4) is 6.07 Å². The van der Waals surface area contributed by atoms with E-state index in [2.05, 4.69) is 11.0 Å². The van der Waals surface area contributed by atoms with Crippen LogP contribution in [0.3, 0.4) is 0 Å². The van der Waals surface area contributed by atoms with Crippen LogP contribution in [0, 0.1) is 17.2 Å². The van der Waals surface area contributed by atoms with Crippen LogP contribution in [0.4, 0.5) is 0 Å². The quantitative estimate of drug-likeness (QED) is 0.894. The Morgan fingerprint density at radius 3 is 2.52 bits per heavy atom. The van der Waals surface area contributed by atoms with Crippen LogP contribution in [0.25, 0.3) is 0 Å². The average Bonchev–Trinajstić information content (AvgIpc) is 2.48. The summed E-state index contributed by atoms with van der Waals surface area (Å²) in [5, 5.41) is 18.4. The summed E-state index contributed by atoms with van der Waals surface area (Å²) in [6, 6.07) is 9.19. The van der Waals surface area contributed by atoms with Crippen molar-refractivity contribution in [1.82, 2.24) is 9.80 Å². The number of aliphatic hydroxyl groups excluding tert-OH is 1. The van der Waals surface area contributed by atoms with Crippen molar-refractivity contribution < 1.29 is 9.90 Å². The summed E-state index contributed by atoms with van der Waals surface area (Å²) in [5.41, 5.74) is 1.17. The van der Waals surface area contributed by atoms with Gasteiger partial charge in [-0.05, 0) is 43.0 Å². The van der Waals surface area contributed by atoms with Crippen LogP contribution >= 0.6 is 0 Å². The molecule has 1 heterocycles. The SMILES string of the molecule is CN(CC(C1CCC1)N1CC(O)C1)C(=O)c1ccc(C#N)cc1. The van der Waals surface area contributed by atoms with Crippen molar-refractivity contribution in [1.29, 1.82) is 5.26 Å². The van der Waals surface area contributed by atoms with Crippen LogP contribution in [0.15, 0.2) is 24.3 Å². The van der Waals surface area contributed by atoms with Crippen molar-refractivity contribution in [2.24, 2.45) is 5.92 Å². The standard InChI is InChI=1S/C18H23N3O2/c1-20(18(23)15-7-5-13(9-19)6-8-15)12-17(14-3-2-4-14)21-10-16(22)11-21/h5-8,14,16-17,22H,2-4,10-12H2,1H3. The second-order valence-electron chi connectivity index (χ2n) is 6.74. The molecule has 1 saturated carbocycles. The van der Waals surface area contributed by atoms with E-state index in [9.17, 15) is 9.90 Å². The number of carbonyl (C=O) groups excluding carboxylic acids is 1. The summed E-state index contributed by atoms with van der Waals surface area (Å²) >= 11 is 0. The topological polar surface area (TPSA) is 67.6 Å². The number of aliphatic hydroxyl groups is 1. The first-order valence-corrected chi connectivity index (χ1v) is 8.26. The number of nitrogens with zero attached hydrogens (tertiary/aromatic N) is 3. The van der Waals surface area contributed by atoms with E-state index in [0.29, 0.717) is 29.6 Å². The zero-order valence-corrected chi connectivity index (χ0v) is 13.5. The number of hydrogen-bond donors (Lipinski definition) is 1. The molecule has 1 aliphatic carbocycles. The van der Waals surface area contributed by atoms with Crippen molar-refractivity contribution in [2.75, 3.05) is 26.7 Å². The second kappa shape index (κ2) is 6.69. The molecule has 0 radical (unpaired) electrons. The van der Waals surface area contributed by atoms with E-state index >= 15 is 0 Å². The number of β-amino-alcohol motifs (C(OH)–C–C–N with tert-alkyl or cyclic N) is 1. The number of amides is 1. The molecule has 5 nitrogen and oxygen atoms in total. The Bertz CT molecular complexity index is 598. The van der Waals surface area contributed by atoms with Gasteiger partial charge in [0.05, 0.1) is 17.7 Å². The van der Waals surface area contributed by atoms with E-state index < -0.39 is 0 Å². The number of carbonyl (C=O) groups is 1. The summed E-state index contributed by atoms with van der Waals surface area (Å²) in [5.74, 6) is 0.624. The molecule has 0 spiro atoms. The molecule has 1 aromatic rings. The molecule has 0 bridgehead atoms. The minimum absolute atomic E-state index is 0.0140. The van der Waals surface area contributed by atoms with E-state index in [1.807, 2.05) is 7.05 Å².